The molecule has 1 unspecified atom stereocenters. The molecule has 0 spiro atoms. The van der Waals surface area contributed by atoms with Crippen LogP contribution in [-0.4, -0.2) is 80.9 Å². The summed E-state index contributed by atoms with van der Waals surface area (Å²) in [6.45, 7) is 7.36. The van der Waals surface area contributed by atoms with Crippen molar-refractivity contribution in [2.24, 2.45) is 0 Å². The first kappa shape index (κ1) is 22.0. The monoisotopic (exact) mass is 393 g/mol. The molecule has 28 heavy (non-hydrogen) atoms. The molecule has 1 aliphatic rings. The lowest BCUT2D eigenvalue weighted by atomic mass is 10.0. The highest BCUT2D eigenvalue weighted by Crippen LogP contribution is 2.13. The van der Waals surface area contributed by atoms with Crippen LogP contribution in [-0.2, 0) is 6.42 Å². The van der Waals surface area contributed by atoms with E-state index in [1.54, 1.807) is 12.1 Å². The molecule has 10 nitrogen and oxygen atoms in total. The van der Waals surface area contributed by atoms with Crippen LogP contribution in [0.25, 0.3) is 0 Å². The molecular formula is C18H29N6O4-. The summed E-state index contributed by atoms with van der Waals surface area (Å²) < 4.78 is 0. The number of rotatable bonds is 6. The van der Waals surface area contributed by atoms with Crippen LogP contribution in [0.1, 0.15) is 5.56 Å². The van der Waals surface area contributed by atoms with Gasteiger partial charge in [0, 0.05) is 77.1 Å². The Kier molecular flexibility index (Phi) is 9.63. The largest absolute Gasteiger partial charge is 0.530 e. The zero-order valence-electron chi connectivity index (χ0n) is 16.0. The quantitative estimate of drug-likeness (QED) is 0.340. The van der Waals surface area contributed by atoms with Crippen molar-refractivity contribution in [2.75, 3.05) is 58.9 Å². The maximum Gasteiger partial charge on any atom is 0.269 e. The first-order valence-electron chi connectivity index (χ1n) is 9.60. The van der Waals surface area contributed by atoms with E-state index in [0.29, 0.717) is 13.0 Å². The van der Waals surface area contributed by atoms with Gasteiger partial charge >= 0.3 is 0 Å². The Bertz CT molecular complexity index is 601. The topological polar surface area (TPSA) is 135 Å². The smallest absolute Gasteiger partial charge is 0.269 e. The van der Waals surface area contributed by atoms with E-state index in [0.717, 1.165) is 57.9 Å². The van der Waals surface area contributed by atoms with Crippen molar-refractivity contribution in [1.29, 1.82) is 0 Å². The van der Waals surface area contributed by atoms with E-state index >= 15 is 0 Å². The molecule has 156 valence electrons. The molecule has 0 aromatic heterocycles. The number of nitrogens with zero attached hydrogens (tertiary/aromatic N) is 2. The summed E-state index contributed by atoms with van der Waals surface area (Å²) in [6, 6.07) is 5.83. The molecule has 10 heteroatoms. The van der Waals surface area contributed by atoms with E-state index in [-0.39, 0.29) is 11.7 Å². The SMILES string of the molecule is O=C([O-])NC(Cc1ccc([N+](=O)[O-])cc1)CN1CCNCCNCCNCC1. The number of carboxylic acid groups (broad SMARTS) is 1. The van der Waals surface area contributed by atoms with Crippen molar-refractivity contribution >= 4 is 11.8 Å². The summed E-state index contributed by atoms with van der Waals surface area (Å²) >= 11 is 0. The van der Waals surface area contributed by atoms with Crippen molar-refractivity contribution < 1.29 is 14.8 Å². The van der Waals surface area contributed by atoms with Crippen molar-refractivity contribution in [1.82, 2.24) is 26.2 Å². The van der Waals surface area contributed by atoms with Gasteiger partial charge in [-0.15, -0.1) is 0 Å². The average molecular weight is 393 g/mol. The third-order valence-electron chi connectivity index (χ3n) is 4.60. The first-order chi connectivity index (χ1) is 13.5. The van der Waals surface area contributed by atoms with Crippen molar-refractivity contribution in [3.05, 3.63) is 39.9 Å². The molecule has 0 aliphatic carbocycles. The highest BCUT2D eigenvalue weighted by atomic mass is 16.6. The van der Waals surface area contributed by atoms with Gasteiger partial charge in [-0.25, -0.2) is 0 Å². The normalized spacial score (nSPS) is 18.4. The summed E-state index contributed by atoms with van der Waals surface area (Å²) in [7, 11) is 0. The molecule has 4 N–H and O–H groups in total. The van der Waals surface area contributed by atoms with Crippen LogP contribution in [0.15, 0.2) is 24.3 Å². The van der Waals surface area contributed by atoms with Gasteiger partial charge in [0.25, 0.3) is 5.69 Å². The van der Waals surface area contributed by atoms with Crippen LogP contribution in [0.2, 0.25) is 0 Å². The fourth-order valence-electron chi connectivity index (χ4n) is 3.18. The molecule has 1 aromatic rings. The average Bonchev–Trinajstić information content (AvgIpc) is 2.64. The maximum atomic E-state index is 11.1. The maximum absolute atomic E-state index is 11.1. The van der Waals surface area contributed by atoms with E-state index in [4.69, 9.17) is 0 Å². The predicted molar refractivity (Wildman–Crippen MR) is 104 cm³/mol. The number of hydrogen-bond donors (Lipinski definition) is 4. The van der Waals surface area contributed by atoms with Gasteiger partial charge in [-0.3, -0.25) is 15.0 Å². The fourth-order valence-corrected chi connectivity index (χ4v) is 3.18. The molecule has 1 aromatic carbocycles. The molecule has 0 bridgehead atoms. The Labute approximate surface area is 164 Å². The Morgan fingerprint density at radius 2 is 1.57 bits per heavy atom. The van der Waals surface area contributed by atoms with Gasteiger partial charge in [0.15, 0.2) is 0 Å². The third-order valence-corrected chi connectivity index (χ3v) is 4.60. The predicted octanol–water partition coefficient (Wildman–Crippen LogP) is -1.48. The van der Waals surface area contributed by atoms with Gasteiger partial charge in [0.05, 0.1) is 4.92 Å². The number of benzene rings is 1. The number of non-ortho nitro benzene ring substituents is 1. The van der Waals surface area contributed by atoms with Crippen LogP contribution in [0, 0.1) is 10.1 Å². The van der Waals surface area contributed by atoms with E-state index in [1.807, 2.05) is 0 Å². The van der Waals surface area contributed by atoms with E-state index in [2.05, 4.69) is 26.2 Å². The third kappa shape index (κ3) is 8.61. The highest BCUT2D eigenvalue weighted by Gasteiger charge is 2.16. The second-order valence-electron chi connectivity index (χ2n) is 6.81. The number of amides is 1. The lowest BCUT2D eigenvalue weighted by Crippen LogP contribution is -2.51. The van der Waals surface area contributed by atoms with Crippen LogP contribution >= 0.6 is 0 Å². The minimum atomic E-state index is -1.32. The second kappa shape index (κ2) is 12.2. The van der Waals surface area contributed by atoms with E-state index < -0.39 is 11.0 Å². The number of nitrogens with one attached hydrogen (secondary N) is 4. The molecule has 1 aliphatic heterocycles. The lowest BCUT2D eigenvalue weighted by Gasteiger charge is -2.29. The molecular weight excluding hydrogens is 364 g/mol. The van der Waals surface area contributed by atoms with Crippen molar-refractivity contribution in [3.8, 4) is 0 Å². The molecule has 1 saturated heterocycles. The first-order valence-corrected chi connectivity index (χ1v) is 9.60. The van der Waals surface area contributed by atoms with Crippen molar-refractivity contribution in [2.45, 2.75) is 12.5 Å². The van der Waals surface area contributed by atoms with Gasteiger partial charge in [0.2, 0.25) is 0 Å². The summed E-state index contributed by atoms with van der Waals surface area (Å²) in [4.78, 5) is 23.7. The summed E-state index contributed by atoms with van der Waals surface area (Å²) in [5.41, 5.74) is 0.851. The zero-order valence-corrected chi connectivity index (χ0v) is 16.0. The Morgan fingerprint density at radius 1 is 1.04 bits per heavy atom. The number of carbonyl (C=O) groups excluding carboxylic acids is 1. The minimum Gasteiger partial charge on any atom is -0.530 e. The molecule has 2 rings (SSSR count). The highest BCUT2D eigenvalue weighted by molar-refractivity contribution is 5.62. The van der Waals surface area contributed by atoms with E-state index in [1.165, 1.54) is 12.1 Å². The van der Waals surface area contributed by atoms with E-state index in [9.17, 15) is 20.0 Å². The van der Waals surface area contributed by atoms with Crippen LogP contribution in [0.3, 0.4) is 0 Å². The molecule has 0 saturated carbocycles. The van der Waals surface area contributed by atoms with Crippen LogP contribution < -0.4 is 26.4 Å². The molecule has 1 heterocycles. The summed E-state index contributed by atoms with van der Waals surface area (Å²) in [5, 5.41) is 34.5. The van der Waals surface area contributed by atoms with Gasteiger partial charge in [-0.05, 0) is 12.0 Å². The van der Waals surface area contributed by atoms with Gasteiger partial charge < -0.3 is 31.2 Å². The standard InChI is InChI=1S/C18H30N6O4/c25-18(26)22-16(13-15-1-3-17(4-2-15)24(27)28)14-23-11-9-20-7-5-19-6-8-21-10-12-23/h1-4,16,19-22H,5-14H2,(H,25,26)/p-1. The Morgan fingerprint density at radius 3 is 2.07 bits per heavy atom. The second-order valence-corrected chi connectivity index (χ2v) is 6.81. The van der Waals surface area contributed by atoms with Gasteiger partial charge in [-0.1, -0.05) is 12.1 Å². The van der Waals surface area contributed by atoms with Gasteiger partial charge in [0.1, 0.15) is 6.09 Å². The zero-order chi connectivity index (χ0) is 20.2. The fraction of sp³-hybridized carbons (Fsp3) is 0.611. The Hall–Kier alpha value is -2.27. The van der Waals surface area contributed by atoms with Gasteiger partial charge in [-0.2, -0.15) is 0 Å². The Balaban J connectivity index is 1.96. The minimum absolute atomic E-state index is 0.0165. The number of nitro groups is 1. The number of hydrogen-bond acceptors (Lipinski definition) is 8. The lowest BCUT2D eigenvalue weighted by molar-refractivity contribution is -0.384. The molecule has 1 atom stereocenters. The van der Waals surface area contributed by atoms with Crippen molar-refractivity contribution in [3.63, 3.8) is 0 Å². The van der Waals surface area contributed by atoms with Crippen LogP contribution in [0.4, 0.5) is 10.5 Å². The number of nitro benzene ring substituents is 1. The number of carbonyl (C=O) groups is 1. The molecule has 0 radical (unpaired) electrons. The molecule has 1 fully saturated rings. The summed E-state index contributed by atoms with van der Waals surface area (Å²) in [6.07, 6.45) is -0.878. The molecule has 1 amide bonds. The van der Waals surface area contributed by atoms with Crippen LogP contribution in [0.5, 0.6) is 0 Å². The summed E-state index contributed by atoms with van der Waals surface area (Å²) in [5.74, 6) is 0.